The maximum absolute atomic E-state index is 11.0. The van der Waals surface area contributed by atoms with E-state index in [4.69, 9.17) is 9.84 Å². The van der Waals surface area contributed by atoms with E-state index in [0.717, 1.165) is 42.5 Å². The number of hydrogen-bond acceptors (Lipinski definition) is 3. The fraction of sp³-hybridized carbons (Fsp3) is 0.350. The Balaban J connectivity index is 1.68. The molecule has 0 aliphatic carbocycles. The number of piperidine rings is 1. The molecule has 3 rings (SSSR count). The summed E-state index contributed by atoms with van der Waals surface area (Å²) in [5.41, 5.74) is 2.50. The van der Waals surface area contributed by atoms with Crippen LogP contribution < -0.4 is 4.90 Å². The number of methoxy groups -OCH3 is 1. The van der Waals surface area contributed by atoms with Gasteiger partial charge < -0.3 is 14.7 Å². The average Bonchev–Trinajstić information content (AvgIpc) is 2.64. The predicted octanol–water partition coefficient (Wildman–Crippen LogP) is 4.38. The van der Waals surface area contributed by atoms with Gasteiger partial charge >= 0.3 is 5.97 Å². The van der Waals surface area contributed by atoms with Crippen molar-refractivity contribution in [3.63, 3.8) is 0 Å². The topological polar surface area (TPSA) is 49.8 Å². The molecule has 25 heavy (non-hydrogen) atoms. The van der Waals surface area contributed by atoms with Crippen LogP contribution in [0.2, 0.25) is 0 Å². The number of carboxylic acids is 1. The molecule has 0 spiro atoms. The lowest BCUT2D eigenvalue weighted by Gasteiger charge is -2.42. The molecule has 0 saturated carbocycles. The maximum atomic E-state index is 11.0. The third-order valence-corrected chi connectivity index (χ3v) is 5.83. The third kappa shape index (κ3) is 4.05. The van der Waals surface area contributed by atoms with Gasteiger partial charge in [0.1, 0.15) is 0 Å². The lowest BCUT2D eigenvalue weighted by Crippen LogP contribution is -2.47. The minimum Gasteiger partial charge on any atom is -0.478 e. The second kappa shape index (κ2) is 7.58. The molecule has 5 heteroatoms. The second-order valence-electron chi connectivity index (χ2n) is 6.49. The number of ether oxygens (including phenoxy) is 1. The molecule has 1 aliphatic heterocycles. The van der Waals surface area contributed by atoms with Crippen molar-refractivity contribution in [1.82, 2.24) is 0 Å². The molecular weight excluding hydrogens is 382 g/mol. The van der Waals surface area contributed by atoms with E-state index in [9.17, 15) is 4.79 Å². The van der Waals surface area contributed by atoms with E-state index in [1.165, 1.54) is 5.56 Å². The van der Waals surface area contributed by atoms with Crippen LogP contribution in [0.15, 0.2) is 53.0 Å². The predicted molar refractivity (Wildman–Crippen MR) is 102 cm³/mol. The van der Waals surface area contributed by atoms with Gasteiger partial charge in [-0.1, -0.05) is 34.1 Å². The van der Waals surface area contributed by atoms with Crippen molar-refractivity contribution >= 4 is 27.6 Å². The lowest BCUT2D eigenvalue weighted by molar-refractivity contribution is -0.0290. The Morgan fingerprint density at radius 3 is 2.36 bits per heavy atom. The molecule has 1 saturated heterocycles. The highest BCUT2D eigenvalue weighted by molar-refractivity contribution is 9.10. The van der Waals surface area contributed by atoms with E-state index in [1.807, 2.05) is 18.2 Å². The van der Waals surface area contributed by atoms with E-state index < -0.39 is 5.97 Å². The SMILES string of the molecule is COC1(Cc2ccccc2Br)CCN(c2ccc(C(=O)O)cc2)CC1. The molecule has 1 fully saturated rings. The number of hydrogen-bond donors (Lipinski definition) is 1. The third-order valence-electron chi connectivity index (χ3n) is 5.06. The Morgan fingerprint density at radius 1 is 1.16 bits per heavy atom. The Hall–Kier alpha value is -1.85. The zero-order valence-corrected chi connectivity index (χ0v) is 15.8. The van der Waals surface area contributed by atoms with Crippen molar-refractivity contribution in [2.24, 2.45) is 0 Å². The van der Waals surface area contributed by atoms with E-state index in [1.54, 1.807) is 19.2 Å². The van der Waals surface area contributed by atoms with Gasteiger partial charge in [0.05, 0.1) is 11.2 Å². The molecule has 0 aromatic heterocycles. The summed E-state index contributed by atoms with van der Waals surface area (Å²) < 4.78 is 7.07. The molecule has 0 unspecified atom stereocenters. The molecule has 2 aromatic rings. The van der Waals surface area contributed by atoms with Crippen LogP contribution in [0.4, 0.5) is 5.69 Å². The average molecular weight is 404 g/mol. The summed E-state index contributed by atoms with van der Waals surface area (Å²) in [5, 5.41) is 9.02. The van der Waals surface area contributed by atoms with E-state index in [0.29, 0.717) is 5.56 Å². The monoisotopic (exact) mass is 403 g/mol. The van der Waals surface area contributed by atoms with Gasteiger partial charge in [-0.05, 0) is 48.7 Å². The molecule has 0 radical (unpaired) electrons. The number of rotatable bonds is 5. The number of nitrogens with zero attached hydrogens (tertiary/aromatic N) is 1. The number of aromatic carboxylic acids is 1. The maximum Gasteiger partial charge on any atom is 0.335 e. The van der Waals surface area contributed by atoms with Gasteiger partial charge in [-0.2, -0.15) is 0 Å². The van der Waals surface area contributed by atoms with Crippen molar-refractivity contribution < 1.29 is 14.6 Å². The summed E-state index contributed by atoms with van der Waals surface area (Å²) in [6.45, 7) is 1.79. The van der Waals surface area contributed by atoms with Crippen molar-refractivity contribution in [2.75, 3.05) is 25.1 Å². The van der Waals surface area contributed by atoms with Crippen LogP contribution in [0.5, 0.6) is 0 Å². The fourth-order valence-corrected chi connectivity index (χ4v) is 3.85. The van der Waals surface area contributed by atoms with Crippen LogP contribution >= 0.6 is 15.9 Å². The number of carbonyl (C=O) groups is 1. The van der Waals surface area contributed by atoms with Crippen LogP contribution in [-0.4, -0.2) is 36.9 Å². The van der Waals surface area contributed by atoms with Gasteiger partial charge in [0.15, 0.2) is 0 Å². The van der Waals surface area contributed by atoms with Gasteiger partial charge in [0.25, 0.3) is 0 Å². The van der Waals surface area contributed by atoms with Gasteiger partial charge in [-0.3, -0.25) is 0 Å². The first-order valence-corrected chi connectivity index (χ1v) is 9.19. The Morgan fingerprint density at radius 2 is 1.80 bits per heavy atom. The fourth-order valence-electron chi connectivity index (χ4n) is 3.43. The summed E-state index contributed by atoms with van der Waals surface area (Å²) in [6, 6.07) is 15.4. The molecule has 4 nitrogen and oxygen atoms in total. The van der Waals surface area contributed by atoms with Crippen molar-refractivity contribution in [2.45, 2.75) is 24.9 Å². The minimum atomic E-state index is -0.892. The van der Waals surface area contributed by atoms with E-state index in [-0.39, 0.29) is 5.60 Å². The molecule has 1 heterocycles. The zero-order chi connectivity index (χ0) is 17.9. The summed E-state index contributed by atoms with van der Waals surface area (Å²) in [7, 11) is 1.80. The first kappa shape index (κ1) is 18.0. The normalized spacial score (nSPS) is 16.6. The second-order valence-corrected chi connectivity index (χ2v) is 7.35. The quantitative estimate of drug-likeness (QED) is 0.804. The molecule has 132 valence electrons. The molecule has 1 aliphatic rings. The van der Waals surface area contributed by atoms with Crippen molar-refractivity contribution in [1.29, 1.82) is 0 Å². The highest BCUT2D eigenvalue weighted by Crippen LogP contribution is 2.33. The van der Waals surface area contributed by atoms with E-state index >= 15 is 0 Å². The molecular formula is C20H22BrNO3. The van der Waals surface area contributed by atoms with Gasteiger partial charge in [0, 0.05) is 36.8 Å². The molecule has 1 N–H and O–H groups in total. The largest absolute Gasteiger partial charge is 0.478 e. The van der Waals surface area contributed by atoms with Crippen LogP contribution in [0, 0.1) is 0 Å². The number of anilines is 1. The summed E-state index contributed by atoms with van der Waals surface area (Å²) in [4.78, 5) is 13.3. The first-order valence-electron chi connectivity index (χ1n) is 8.40. The molecule has 2 aromatic carbocycles. The van der Waals surface area contributed by atoms with Gasteiger partial charge in [-0.25, -0.2) is 4.79 Å². The van der Waals surface area contributed by atoms with Crippen molar-refractivity contribution in [3.8, 4) is 0 Å². The van der Waals surface area contributed by atoms with Crippen LogP contribution in [0.3, 0.4) is 0 Å². The van der Waals surface area contributed by atoms with Crippen LogP contribution in [0.25, 0.3) is 0 Å². The van der Waals surface area contributed by atoms with Crippen molar-refractivity contribution in [3.05, 3.63) is 64.1 Å². The highest BCUT2D eigenvalue weighted by atomic mass is 79.9. The standard InChI is InChI=1S/C20H22BrNO3/c1-25-20(14-16-4-2-3-5-18(16)21)10-12-22(13-11-20)17-8-6-15(7-9-17)19(23)24/h2-9H,10-14H2,1H3,(H,23,24). The summed E-state index contributed by atoms with van der Waals surface area (Å²) in [5.74, 6) is -0.892. The molecule has 0 bridgehead atoms. The smallest absolute Gasteiger partial charge is 0.335 e. The highest BCUT2D eigenvalue weighted by Gasteiger charge is 2.35. The number of carboxylic acid groups (broad SMARTS) is 1. The number of halogens is 1. The number of benzene rings is 2. The first-order chi connectivity index (χ1) is 12.0. The summed E-state index contributed by atoms with van der Waals surface area (Å²) in [6.07, 6.45) is 2.76. The van der Waals surface area contributed by atoms with Gasteiger partial charge in [-0.15, -0.1) is 0 Å². The Kier molecular flexibility index (Phi) is 5.45. The molecule has 0 amide bonds. The lowest BCUT2D eigenvalue weighted by atomic mass is 9.85. The molecule has 0 atom stereocenters. The Labute approximate surface area is 156 Å². The zero-order valence-electron chi connectivity index (χ0n) is 14.2. The van der Waals surface area contributed by atoms with E-state index in [2.05, 4.69) is 39.0 Å². The minimum absolute atomic E-state index is 0.151. The summed E-state index contributed by atoms with van der Waals surface area (Å²) >= 11 is 3.63. The van der Waals surface area contributed by atoms with Gasteiger partial charge in [0.2, 0.25) is 0 Å². The van der Waals surface area contributed by atoms with Crippen LogP contribution in [-0.2, 0) is 11.2 Å². The Bertz CT molecular complexity index is 737. The van der Waals surface area contributed by atoms with Crippen LogP contribution in [0.1, 0.15) is 28.8 Å².